The number of benzene rings is 1. The lowest BCUT2D eigenvalue weighted by atomic mass is 10.2. The number of fused-ring (bicyclic) bond motifs is 1. The van der Waals surface area contributed by atoms with Crippen LogP contribution < -0.4 is 0 Å². The van der Waals surface area contributed by atoms with Crippen molar-refractivity contribution in [2.75, 3.05) is 0 Å². The van der Waals surface area contributed by atoms with Crippen LogP contribution in [0.4, 0.5) is 4.39 Å². The van der Waals surface area contributed by atoms with Gasteiger partial charge in [-0.05, 0) is 61.0 Å². The van der Waals surface area contributed by atoms with E-state index in [-0.39, 0.29) is 11.7 Å². The van der Waals surface area contributed by atoms with Crippen LogP contribution in [0.15, 0.2) is 77.7 Å². The van der Waals surface area contributed by atoms with Crippen LogP contribution in [0.1, 0.15) is 26.7 Å². The van der Waals surface area contributed by atoms with E-state index in [1.54, 1.807) is 40.4 Å². The lowest BCUT2D eigenvalue weighted by molar-refractivity contribution is 0.0722. The van der Waals surface area contributed by atoms with Gasteiger partial charge in [-0.3, -0.25) is 9.78 Å². The number of hydrogen-bond acceptors (Lipinski definition) is 5. The van der Waals surface area contributed by atoms with Gasteiger partial charge in [0.15, 0.2) is 0 Å². The average Bonchev–Trinajstić information content (AvgIpc) is 3.53. The quantitative estimate of drug-likeness (QED) is 0.352. The predicted molar refractivity (Wildman–Crippen MR) is 120 cm³/mol. The Hall–Kier alpha value is -3.78. The first-order valence-corrected chi connectivity index (χ1v) is 10.9. The number of aryl methyl sites for hydroxylation is 1. The van der Waals surface area contributed by atoms with Gasteiger partial charge in [0.05, 0.1) is 29.1 Å². The molecule has 4 heterocycles. The van der Waals surface area contributed by atoms with E-state index in [1.807, 2.05) is 37.3 Å². The zero-order valence-corrected chi connectivity index (χ0v) is 18.1. The van der Waals surface area contributed by atoms with Crippen molar-refractivity contribution in [2.45, 2.75) is 20.0 Å². The zero-order valence-electron chi connectivity index (χ0n) is 17.2. The van der Waals surface area contributed by atoms with E-state index in [0.717, 1.165) is 27.2 Å². The van der Waals surface area contributed by atoms with Crippen LogP contribution in [0.5, 0.6) is 0 Å². The van der Waals surface area contributed by atoms with Gasteiger partial charge in [0, 0.05) is 24.3 Å². The largest absolute Gasteiger partial charge is 0.467 e. The van der Waals surface area contributed by atoms with E-state index >= 15 is 0 Å². The van der Waals surface area contributed by atoms with Gasteiger partial charge in [-0.25, -0.2) is 9.07 Å². The first kappa shape index (κ1) is 20.1. The number of pyridine rings is 1. The molecule has 4 aromatic heterocycles. The molecule has 6 nitrogen and oxygen atoms in total. The molecule has 0 saturated carbocycles. The Bertz CT molecular complexity index is 1360. The molecular weight excluding hydrogens is 427 g/mol. The normalized spacial score (nSPS) is 11.2. The molecule has 0 N–H and O–H groups in total. The van der Waals surface area contributed by atoms with Crippen LogP contribution in [-0.2, 0) is 13.1 Å². The summed E-state index contributed by atoms with van der Waals surface area (Å²) in [5, 5.41) is 5.48. The number of hydrogen-bond donors (Lipinski definition) is 0. The van der Waals surface area contributed by atoms with Crippen LogP contribution in [0.2, 0.25) is 0 Å². The summed E-state index contributed by atoms with van der Waals surface area (Å²) >= 11 is 1.37. The van der Waals surface area contributed by atoms with E-state index < -0.39 is 0 Å². The maximum Gasteiger partial charge on any atom is 0.264 e. The molecule has 0 bridgehead atoms. The molecule has 0 aliphatic rings. The van der Waals surface area contributed by atoms with Crippen molar-refractivity contribution in [1.82, 2.24) is 19.7 Å². The Morgan fingerprint density at radius 3 is 2.72 bits per heavy atom. The SMILES string of the molecule is Cc1nn(-c2ccc(F)cc2)c2sc(C(=O)N(Cc3cccnc3)Cc3ccco3)cc12. The minimum absolute atomic E-state index is 0.100. The van der Waals surface area contributed by atoms with Crippen molar-refractivity contribution in [3.63, 3.8) is 0 Å². The van der Waals surface area contributed by atoms with Gasteiger partial charge in [0.2, 0.25) is 0 Å². The molecule has 0 atom stereocenters. The molecule has 0 unspecified atom stereocenters. The summed E-state index contributed by atoms with van der Waals surface area (Å²) in [6, 6.07) is 15.5. The Labute approximate surface area is 187 Å². The minimum Gasteiger partial charge on any atom is -0.467 e. The molecule has 0 fully saturated rings. The highest BCUT2D eigenvalue weighted by atomic mass is 32.1. The topological polar surface area (TPSA) is 64.2 Å². The number of amides is 1. The molecule has 8 heteroatoms. The first-order valence-electron chi connectivity index (χ1n) is 10.0. The molecule has 1 amide bonds. The van der Waals surface area contributed by atoms with Crippen molar-refractivity contribution in [3.8, 4) is 5.69 Å². The van der Waals surface area contributed by atoms with Gasteiger partial charge in [0.25, 0.3) is 5.91 Å². The maximum absolute atomic E-state index is 13.5. The van der Waals surface area contributed by atoms with Gasteiger partial charge >= 0.3 is 0 Å². The van der Waals surface area contributed by atoms with Crippen molar-refractivity contribution in [3.05, 3.63) is 101 Å². The molecule has 0 aliphatic carbocycles. The fourth-order valence-corrected chi connectivity index (χ4v) is 4.72. The van der Waals surface area contributed by atoms with Crippen molar-refractivity contribution in [2.24, 2.45) is 0 Å². The molecule has 0 saturated heterocycles. The highest BCUT2D eigenvalue weighted by Gasteiger charge is 2.23. The second-order valence-corrected chi connectivity index (χ2v) is 8.44. The fraction of sp³-hybridized carbons (Fsp3) is 0.125. The Morgan fingerprint density at radius 2 is 2.00 bits per heavy atom. The molecular formula is C24H19FN4O2S. The number of carbonyl (C=O) groups is 1. The van der Waals surface area contributed by atoms with E-state index in [4.69, 9.17) is 4.42 Å². The summed E-state index contributed by atoms with van der Waals surface area (Å²) in [5.74, 6) is 0.299. The molecule has 160 valence electrons. The maximum atomic E-state index is 13.5. The van der Waals surface area contributed by atoms with Crippen molar-refractivity contribution < 1.29 is 13.6 Å². The van der Waals surface area contributed by atoms with Gasteiger partial charge in [0.1, 0.15) is 16.4 Å². The standard InChI is InChI=1S/C24H19FN4O2S/c1-16-21-12-22(32-24(21)29(27-16)19-8-6-18(25)7-9-19)23(30)28(15-20-5-3-11-31-20)14-17-4-2-10-26-13-17/h2-13H,14-15H2,1H3. The number of aromatic nitrogens is 3. The van der Waals surface area contributed by atoms with Gasteiger partial charge in [-0.15, -0.1) is 11.3 Å². The second kappa shape index (κ2) is 8.39. The fourth-order valence-electron chi connectivity index (χ4n) is 3.57. The summed E-state index contributed by atoms with van der Waals surface area (Å²) in [5.41, 5.74) is 2.49. The van der Waals surface area contributed by atoms with E-state index in [9.17, 15) is 9.18 Å². The van der Waals surface area contributed by atoms with E-state index in [0.29, 0.717) is 23.7 Å². The first-order chi connectivity index (χ1) is 15.6. The molecule has 0 aliphatic heterocycles. The zero-order chi connectivity index (χ0) is 22.1. The summed E-state index contributed by atoms with van der Waals surface area (Å²) in [7, 11) is 0. The van der Waals surface area contributed by atoms with Crippen LogP contribution in [-0.4, -0.2) is 25.6 Å². The van der Waals surface area contributed by atoms with Crippen LogP contribution in [0.25, 0.3) is 15.9 Å². The summed E-state index contributed by atoms with van der Waals surface area (Å²) < 4.78 is 20.6. The van der Waals surface area contributed by atoms with E-state index in [2.05, 4.69) is 10.1 Å². The van der Waals surface area contributed by atoms with Crippen molar-refractivity contribution in [1.29, 1.82) is 0 Å². The van der Waals surface area contributed by atoms with E-state index in [1.165, 1.54) is 23.5 Å². The van der Waals surface area contributed by atoms with Crippen LogP contribution in [0.3, 0.4) is 0 Å². The summed E-state index contributed by atoms with van der Waals surface area (Å²) in [4.78, 5) is 20.9. The Morgan fingerprint density at radius 1 is 1.16 bits per heavy atom. The van der Waals surface area contributed by atoms with Gasteiger partial charge < -0.3 is 9.32 Å². The summed E-state index contributed by atoms with van der Waals surface area (Å²) in [6.07, 6.45) is 5.06. The third kappa shape index (κ3) is 3.92. The lowest BCUT2D eigenvalue weighted by Gasteiger charge is -2.21. The van der Waals surface area contributed by atoms with Gasteiger partial charge in [-0.1, -0.05) is 6.07 Å². The second-order valence-electron chi connectivity index (χ2n) is 7.40. The van der Waals surface area contributed by atoms with Gasteiger partial charge in [-0.2, -0.15) is 5.10 Å². The lowest BCUT2D eigenvalue weighted by Crippen LogP contribution is -2.29. The third-order valence-electron chi connectivity index (χ3n) is 5.14. The molecule has 0 spiro atoms. The average molecular weight is 447 g/mol. The highest BCUT2D eigenvalue weighted by molar-refractivity contribution is 7.20. The number of rotatable bonds is 6. The number of carbonyl (C=O) groups excluding carboxylic acids is 1. The number of thiophene rings is 1. The minimum atomic E-state index is -0.306. The molecule has 0 radical (unpaired) electrons. The third-order valence-corrected chi connectivity index (χ3v) is 6.24. The Balaban J connectivity index is 1.51. The number of furan rings is 1. The molecule has 1 aromatic carbocycles. The number of halogens is 1. The summed E-state index contributed by atoms with van der Waals surface area (Å²) in [6.45, 7) is 2.66. The number of nitrogens with zero attached hydrogens (tertiary/aromatic N) is 4. The van der Waals surface area contributed by atoms with Crippen LogP contribution in [0, 0.1) is 12.7 Å². The Kier molecular flexibility index (Phi) is 5.28. The molecule has 5 aromatic rings. The highest BCUT2D eigenvalue weighted by Crippen LogP contribution is 2.31. The smallest absolute Gasteiger partial charge is 0.264 e. The molecule has 32 heavy (non-hydrogen) atoms. The van der Waals surface area contributed by atoms with Crippen molar-refractivity contribution >= 4 is 27.5 Å². The predicted octanol–water partition coefficient (Wildman–Crippen LogP) is 5.37. The molecule has 5 rings (SSSR count). The monoisotopic (exact) mass is 446 g/mol. The van der Waals surface area contributed by atoms with Crippen LogP contribution >= 0.6 is 11.3 Å².